The monoisotopic (exact) mass is 359 g/mol. The minimum atomic E-state index is -4.48. The van der Waals surface area contributed by atoms with E-state index in [1.165, 1.54) is 30.6 Å². The molecule has 9 heteroatoms. The molecule has 1 atom stereocenters. The number of rotatable bonds is 4. The van der Waals surface area contributed by atoms with E-state index in [-0.39, 0.29) is 0 Å². The van der Waals surface area contributed by atoms with Crippen LogP contribution in [0.15, 0.2) is 41.5 Å². The molecule has 0 saturated heterocycles. The molecule has 1 aliphatic heterocycles. The normalized spacial score (nSPS) is 21.7. The van der Waals surface area contributed by atoms with Crippen molar-refractivity contribution < 1.29 is 26.7 Å². The number of allylic oxidation sites excluding steroid dienone is 1. The van der Waals surface area contributed by atoms with Crippen molar-refractivity contribution in [3.63, 3.8) is 0 Å². The van der Waals surface area contributed by atoms with Crippen molar-refractivity contribution in [3.05, 3.63) is 47.7 Å². The van der Waals surface area contributed by atoms with Gasteiger partial charge in [-0.25, -0.2) is 0 Å². The molecular formula is C16H14F5N3O. The van der Waals surface area contributed by atoms with Gasteiger partial charge in [0.1, 0.15) is 0 Å². The number of nitrogens with one attached hydrogen (secondary N) is 1. The molecule has 1 fully saturated rings. The first-order valence-electron chi connectivity index (χ1n) is 7.49. The average Bonchev–Trinajstić information content (AvgIpc) is 3.35. The summed E-state index contributed by atoms with van der Waals surface area (Å²) in [4.78, 5) is 16.3. The molecule has 4 nitrogen and oxygen atoms in total. The van der Waals surface area contributed by atoms with Crippen LogP contribution in [0.2, 0.25) is 0 Å². The molecule has 134 valence electrons. The van der Waals surface area contributed by atoms with E-state index < -0.39 is 35.9 Å². The number of nitrogens with zero attached hydrogens (tertiary/aromatic N) is 2. The van der Waals surface area contributed by atoms with Gasteiger partial charge in [-0.1, -0.05) is 12.1 Å². The summed E-state index contributed by atoms with van der Waals surface area (Å²) in [7, 11) is 0. The lowest BCUT2D eigenvalue weighted by molar-refractivity contribution is -0.142. The lowest BCUT2D eigenvalue weighted by Gasteiger charge is -2.32. The largest absolute Gasteiger partial charge is 0.416 e. The number of carbonyl (C=O) groups is 1. The molecule has 1 aliphatic carbocycles. The van der Waals surface area contributed by atoms with Crippen LogP contribution in [0.3, 0.4) is 0 Å². The molecule has 1 N–H and O–H groups in total. The molecule has 1 unspecified atom stereocenters. The number of hydrogen-bond acceptors (Lipinski definition) is 3. The van der Waals surface area contributed by atoms with Gasteiger partial charge >= 0.3 is 12.6 Å². The zero-order chi connectivity index (χ0) is 18.2. The smallest absolute Gasteiger partial charge is 0.278 e. The molecule has 0 spiro atoms. The Morgan fingerprint density at radius 1 is 1.32 bits per heavy atom. The molecule has 1 saturated carbocycles. The molecule has 1 heterocycles. The van der Waals surface area contributed by atoms with Gasteiger partial charge in [-0.15, -0.1) is 0 Å². The zero-order valence-corrected chi connectivity index (χ0v) is 12.8. The molecule has 1 amide bonds. The lowest BCUT2D eigenvalue weighted by Crippen LogP contribution is -2.51. The van der Waals surface area contributed by atoms with Gasteiger partial charge < -0.3 is 0 Å². The fourth-order valence-corrected chi connectivity index (χ4v) is 2.71. The highest BCUT2D eigenvalue weighted by atomic mass is 19.4. The topological polar surface area (TPSA) is 44.7 Å². The third-order valence-electron chi connectivity index (χ3n) is 4.16. The van der Waals surface area contributed by atoms with Crippen LogP contribution in [0.5, 0.6) is 0 Å². The van der Waals surface area contributed by atoms with Crippen LogP contribution in [0, 0.1) is 0 Å². The molecule has 0 aromatic heterocycles. The molecular weight excluding hydrogens is 345 g/mol. The summed E-state index contributed by atoms with van der Waals surface area (Å²) in [6, 6.07) is 4.83. The van der Waals surface area contributed by atoms with Crippen LogP contribution in [-0.2, 0) is 16.5 Å². The summed E-state index contributed by atoms with van der Waals surface area (Å²) in [5.74, 6) is -1.43. The number of alkyl halides is 5. The van der Waals surface area contributed by atoms with E-state index in [1.54, 1.807) is 0 Å². The number of benzene rings is 1. The Morgan fingerprint density at radius 2 is 2.04 bits per heavy atom. The minimum absolute atomic E-state index is 0.386. The highest BCUT2D eigenvalue weighted by Crippen LogP contribution is 2.47. The van der Waals surface area contributed by atoms with Crippen molar-refractivity contribution in [2.75, 3.05) is 0 Å². The lowest BCUT2D eigenvalue weighted by atomic mass is 10.0. The highest BCUT2D eigenvalue weighted by Gasteiger charge is 2.48. The van der Waals surface area contributed by atoms with Gasteiger partial charge in [0, 0.05) is 18.0 Å². The van der Waals surface area contributed by atoms with Crippen LogP contribution >= 0.6 is 0 Å². The first-order valence-corrected chi connectivity index (χ1v) is 7.49. The average molecular weight is 359 g/mol. The van der Waals surface area contributed by atoms with E-state index in [0.29, 0.717) is 18.4 Å². The van der Waals surface area contributed by atoms with Crippen molar-refractivity contribution in [1.82, 2.24) is 10.2 Å². The van der Waals surface area contributed by atoms with E-state index in [0.717, 1.165) is 17.0 Å². The Hall–Kier alpha value is -2.29. The Balaban J connectivity index is 1.83. The maximum atomic E-state index is 12.9. The Bertz CT molecular complexity index is 725. The zero-order valence-electron chi connectivity index (χ0n) is 12.8. The van der Waals surface area contributed by atoms with Crippen LogP contribution < -0.4 is 5.32 Å². The maximum Gasteiger partial charge on any atom is 0.416 e. The van der Waals surface area contributed by atoms with Crippen molar-refractivity contribution in [2.45, 2.75) is 37.3 Å². The summed E-state index contributed by atoms with van der Waals surface area (Å²) in [6.07, 6.45) is -3.90. The molecule has 2 aliphatic rings. The number of aliphatic imine (C=N–C) groups is 1. The standard InChI is InChI=1S/C16H14F5N3O/c17-12(18)13(25)24-8-2-7-22-14(24)23-15(5-6-15)10-3-1-4-11(9-10)16(19,20)21/h1-4,7-9,12,14,23H,5-6H2. The van der Waals surface area contributed by atoms with E-state index in [2.05, 4.69) is 10.3 Å². The van der Waals surface area contributed by atoms with E-state index >= 15 is 0 Å². The summed E-state index contributed by atoms with van der Waals surface area (Å²) >= 11 is 0. The molecule has 0 bridgehead atoms. The third kappa shape index (κ3) is 3.55. The molecule has 25 heavy (non-hydrogen) atoms. The number of carbonyl (C=O) groups excluding carboxylic acids is 1. The van der Waals surface area contributed by atoms with E-state index in [9.17, 15) is 26.7 Å². The first kappa shape index (κ1) is 17.5. The van der Waals surface area contributed by atoms with Gasteiger partial charge in [-0.3, -0.25) is 20.0 Å². The second-order valence-electron chi connectivity index (χ2n) is 5.86. The Kier molecular flexibility index (Phi) is 4.36. The maximum absolute atomic E-state index is 12.9. The van der Waals surface area contributed by atoms with Gasteiger partial charge in [-0.05, 0) is 36.6 Å². The molecule has 3 rings (SSSR count). The fourth-order valence-electron chi connectivity index (χ4n) is 2.71. The predicted octanol–water partition coefficient (Wildman–Crippen LogP) is 3.26. The summed E-state index contributed by atoms with van der Waals surface area (Å²) in [5.41, 5.74) is -1.23. The molecule has 1 aromatic rings. The highest BCUT2D eigenvalue weighted by molar-refractivity contribution is 5.83. The van der Waals surface area contributed by atoms with Gasteiger partial charge in [0.05, 0.1) is 5.56 Å². The predicted molar refractivity (Wildman–Crippen MR) is 79.8 cm³/mol. The van der Waals surface area contributed by atoms with Crippen LogP contribution in [0.25, 0.3) is 0 Å². The number of amides is 1. The Labute approximate surface area is 140 Å². The van der Waals surface area contributed by atoms with Crippen LogP contribution in [0.4, 0.5) is 22.0 Å². The fraction of sp³-hybridized carbons (Fsp3) is 0.375. The quantitative estimate of drug-likeness (QED) is 0.839. The SMILES string of the molecule is O=C(C(F)F)N1C=CC=NC1NC1(c2cccc(C(F)(F)F)c2)CC1. The second-order valence-corrected chi connectivity index (χ2v) is 5.86. The summed E-state index contributed by atoms with van der Waals surface area (Å²) in [5, 5.41) is 2.94. The molecule has 0 radical (unpaired) electrons. The van der Waals surface area contributed by atoms with Crippen molar-refractivity contribution >= 4 is 12.1 Å². The molecule has 1 aromatic carbocycles. The van der Waals surface area contributed by atoms with E-state index in [1.807, 2.05) is 0 Å². The second kappa shape index (κ2) is 6.21. The third-order valence-corrected chi connectivity index (χ3v) is 4.16. The Morgan fingerprint density at radius 3 is 2.64 bits per heavy atom. The van der Waals surface area contributed by atoms with Gasteiger partial charge in [-0.2, -0.15) is 22.0 Å². The summed E-state index contributed by atoms with van der Waals surface area (Å²) < 4.78 is 64.1. The van der Waals surface area contributed by atoms with Gasteiger partial charge in [0.25, 0.3) is 5.91 Å². The number of halogens is 5. The minimum Gasteiger partial charge on any atom is -0.278 e. The van der Waals surface area contributed by atoms with Crippen LogP contribution in [0.1, 0.15) is 24.0 Å². The number of hydrogen-bond donors (Lipinski definition) is 1. The first-order chi connectivity index (χ1) is 11.7. The van der Waals surface area contributed by atoms with Crippen molar-refractivity contribution in [3.8, 4) is 0 Å². The summed E-state index contributed by atoms with van der Waals surface area (Å²) in [6.45, 7) is 0. The van der Waals surface area contributed by atoms with Gasteiger partial charge in [0.2, 0.25) is 0 Å². The van der Waals surface area contributed by atoms with Gasteiger partial charge in [0.15, 0.2) is 6.29 Å². The van der Waals surface area contributed by atoms with E-state index in [4.69, 9.17) is 0 Å². The van der Waals surface area contributed by atoms with Crippen LogP contribution in [-0.4, -0.2) is 29.7 Å². The van der Waals surface area contributed by atoms with Crippen molar-refractivity contribution in [2.24, 2.45) is 4.99 Å². The van der Waals surface area contributed by atoms with Crippen molar-refractivity contribution in [1.29, 1.82) is 0 Å².